The molecule has 8 heteroatoms. The van der Waals surface area contributed by atoms with E-state index in [2.05, 4.69) is 33.7 Å². The Balaban J connectivity index is 1.59. The summed E-state index contributed by atoms with van der Waals surface area (Å²) in [6.07, 6.45) is 4.34. The molecule has 0 saturated carbocycles. The molecule has 1 fully saturated rings. The second-order valence-electron chi connectivity index (χ2n) is 6.64. The normalized spacial score (nSPS) is 16.3. The van der Waals surface area contributed by atoms with Gasteiger partial charge >= 0.3 is 0 Å². The van der Waals surface area contributed by atoms with E-state index in [9.17, 15) is 4.79 Å². The van der Waals surface area contributed by atoms with Gasteiger partial charge in [-0.25, -0.2) is 15.0 Å². The third kappa shape index (κ3) is 4.32. The van der Waals surface area contributed by atoms with Gasteiger partial charge in [-0.15, -0.1) is 11.3 Å². The fourth-order valence-electron chi connectivity index (χ4n) is 2.89. The Morgan fingerprint density at radius 1 is 1.24 bits per heavy atom. The summed E-state index contributed by atoms with van der Waals surface area (Å²) in [7, 11) is 0. The van der Waals surface area contributed by atoms with E-state index in [-0.39, 0.29) is 11.9 Å². The lowest BCUT2D eigenvalue weighted by Gasteiger charge is -2.34. The van der Waals surface area contributed by atoms with Crippen molar-refractivity contribution < 1.29 is 4.79 Å². The maximum atomic E-state index is 12.7. The SMILES string of the molecule is CC(C)CC(N)c1nc(C(=O)N2CCN(c3ncccn3)CC2)cs1. The van der Waals surface area contributed by atoms with Crippen molar-refractivity contribution in [2.75, 3.05) is 31.1 Å². The van der Waals surface area contributed by atoms with Crippen LogP contribution in [0.15, 0.2) is 23.8 Å². The zero-order chi connectivity index (χ0) is 17.8. The summed E-state index contributed by atoms with van der Waals surface area (Å²) in [5.41, 5.74) is 6.68. The van der Waals surface area contributed by atoms with Crippen molar-refractivity contribution in [3.05, 3.63) is 34.5 Å². The number of anilines is 1. The van der Waals surface area contributed by atoms with E-state index in [0.717, 1.165) is 24.5 Å². The molecule has 0 aliphatic carbocycles. The topological polar surface area (TPSA) is 88.2 Å². The lowest BCUT2D eigenvalue weighted by Crippen LogP contribution is -2.49. The standard InChI is InChI=1S/C17H24N6OS/c1-12(2)10-13(18)15-21-14(11-25-15)16(24)22-6-8-23(9-7-22)17-19-4-3-5-20-17/h3-5,11-13H,6-10,18H2,1-2H3. The number of carbonyl (C=O) groups is 1. The van der Waals surface area contributed by atoms with Crippen LogP contribution in [0.4, 0.5) is 5.95 Å². The van der Waals surface area contributed by atoms with Gasteiger partial charge in [-0.05, 0) is 18.4 Å². The number of nitrogens with two attached hydrogens (primary N) is 1. The van der Waals surface area contributed by atoms with Crippen LogP contribution < -0.4 is 10.6 Å². The number of hydrogen-bond acceptors (Lipinski definition) is 7. The van der Waals surface area contributed by atoms with Gasteiger partial charge in [-0.2, -0.15) is 0 Å². The molecule has 3 heterocycles. The van der Waals surface area contributed by atoms with Crippen LogP contribution in [0, 0.1) is 5.92 Å². The first kappa shape index (κ1) is 17.8. The quantitative estimate of drug-likeness (QED) is 0.877. The molecule has 0 radical (unpaired) electrons. The number of carbonyl (C=O) groups excluding carboxylic acids is 1. The molecule has 2 aromatic rings. The van der Waals surface area contributed by atoms with Crippen molar-refractivity contribution in [1.82, 2.24) is 19.9 Å². The maximum Gasteiger partial charge on any atom is 0.273 e. The van der Waals surface area contributed by atoms with E-state index in [1.54, 1.807) is 18.5 Å². The van der Waals surface area contributed by atoms with Crippen LogP contribution in [-0.2, 0) is 0 Å². The molecule has 7 nitrogen and oxygen atoms in total. The van der Waals surface area contributed by atoms with Gasteiger partial charge in [0.2, 0.25) is 5.95 Å². The van der Waals surface area contributed by atoms with Gasteiger partial charge in [-0.1, -0.05) is 13.8 Å². The second-order valence-corrected chi connectivity index (χ2v) is 7.52. The first-order chi connectivity index (χ1) is 12.0. The zero-order valence-electron chi connectivity index (χ0n) is 14.6. The summed E-state index contributed by atoms with van der Waals surface area (Å²) in [5, 5.41) is 2.67. The Bertz CT molecular complexity index is 696. The van der Waals surface area contributed by atoms with Crippen molar-refractivity contribution in [1.29, 1.82) is 0 Å². The molecular weight excluding hydrogens is 336 g/mol. The highest BCUT2D eigenvalue weighted by molar-refractivity contribution is 7.09. The van der Waals surface area contributed by atoms with E-state index in [0.29, 0.717) is 30.6 Å². The summed E-state index contributed by atoms with van der Waals surface area (Å²) < 4.78 is 0. The average Bonchev–Trinajstić information content (AvgIpc) is 3.12. The van der Waals surface area contributed by atoms with E-state index < -0.39 is 0 Å². The molecule has 0 spiro atoms. The largest absolute Gasteiger partial charge is 0.337 e. The third-order valence-corrected chi connectivity index (χ3v) is 5.16. The van der Waals surface area contributed by atoms with Gasteiger partial charge in [0, 0.05) is 44.0 Å². The van der Waals surface area contributed by atoms with Crippen LogP contribution in [0.5, 0.6) is 0 Å². The Labute approximate surface area is 151 Å². The summed E-state index contributed by atoms with van der Waals surface area (Å²) in [6, 6.07) is 1.70. The Morgan fingerprint density at radius 3 is 2.56 bits per heavy atom. The average molecular weight is 360 g/mol. The van der Waals surface area contributed by atoms with Crippen LogP contribution in [0.1, 0.15) is 41.8 Å². The Morgan fingerprint density at radius 2 is 1.92 bits per heavy atom. The van der Waals surface area contributed by atoms with Crippen molar-refractivity contribution in [2.45, 2.75) is 26.3 Å². The predicted molar refractivity (Wildman–Crippen MR) is 98.6 cm³/mol. The van der Waals surface area contributed by atoms with Crippen molar-refractivity contribution in [3.8, 4) is 0 Å². The summed E-state index contributed by atoms with van der Waals surface area (Å²) in [6.45, 7) is 6.99. The lowest BCUT2D eigenvalue weighted by molar-refractivity contribution is 0.0741. The first-order valence-corrected chi connectivity index (χ1v) is 9.45. The van der Waals surface area contributed by atoms with Crippen LogP contribution in [0.2, 0.25) is 0 Å². The molecule has 1 aliphatic rings. The zero-order valence-corrected chi connectivity index (χ0v) is 15.4. The summed E-state index contributed by atoms with van der Waals surface area (Å²) in [4.78, 5) is 29.6. The number of thiazole rings is 1. The van der Waals surface area contributed by atoms with E-state index >= 15 is 0 Å². The van der Waals surface area contributed by atoms with Crippen LogP contribution in [0.25, 0.3) is 0 Å². The van der Waals surface area contributed by atoms with E-state index in [1.807, 2.05) is 10.3 Å². The minimum Gasteiger partial charge on any atom is -0.337 e. The third-order valence-electron chi connectivity index (χ3n) is 4.19. The van der Waals surface area contributed by atoms with Gasteiger partial charge in [0.05, 0.1) is 6.04 Å². The number of nitrogens with zero attached hydrogens (tertiary/aromatic N) is 5. The molecule has 25 heavy (non-hydrogen) atoms. The second kappa shape index (κ2) is 7.88. The number of amides is 1. The molecule has 1 amide bonds. The predicted octanol–water partition coefficient (Wildman–Crippen LogP) is 1.94. The van der Waals surface area contributed by atoms with Gasteiger partial charge in [-0.3, -0.25) is 4.79 Å². The smallest absolute Gasteiger partial charge is 0.273 e. The maximum absolute atomic E-state index is 12.7. The van der Waals surface area contributed by atoms with Crippen LogP contribution in [0.3, 0.4) is 0 Å². The van der Waals surface area contributed by atoms with Gasteiger partial charge in [0.25, 0.3) is 5.91 Å². The number of aromatic nitrogens is 3. The van der Waals surface area contributed by atoms with E-state index in [4.69, 9.17) is 5.73 Å². The highest BCUT2D eigenvalue weighted by Crippen LogP contribution is 2.23. The summed E-state index contributed by atoms with van der Waals surface area (Å²) >= 11 is 1.48. The Hall–Kier alpha value is -2.06. The van der Waals surface area contributed by atoms with Crippen LogP contribution in [-0.4, -0.2) is 51.9 Å². The van der Waals surface area contributed by atoms with Crippen molar-refractivity contribution in [2.24, 2.45) is 11.7 Å². The molecule has 2 aromatic heterocycles. The fourth-order valence-corrected chi connectivity index (χ4v) is 3.70. The lowest BCUT2D eigenvalue weighted by atomic mass is 10.1. The molecular formula is C17H24N6OS. The van der Waals surface area contributed by atoms with Gasteiger partial charge < -0.3 is 15.5 Å². The van der Waals surface area contributed by atoms with E-state index in [1.165, 1.54) is 11.3 Å². The Kier molecular flexibility index (Phi) is 5.60. The molecule has 1 saturated heterocycles. The molecule has 1 atom stereocenters. The summed E-state index contributed by atoms with van der Waals surface area (Å²) in [5.74, 6) is 1.20. The highest BCUT2D eigenvalue weighted by Gasteiger charge is 2.25. The first-order valence-electron chi connectivity index (χ1n) is 8.57. The number of hydrogen-bond donors (Lipinski definition) is 1. The minimum absolute atomic E-state index is 0.0205. The fraction of sp³-hybridized carbons (Fsp3) is 0.529. The monoisotopic (exact) mass is 360 g/mol. The molecule has 0 aromatic carbocycles. The molecule has 0 bridgehead atoms. The minimum atomic E-state index is -0.0985. The number of rotatable bonds is 5. The molecule has 1 unspecified atom stereocenters. The van der Waals surface area contributed by atoms with Crippen molar-refractivity contribution in [3.63, 3.8) is 0 Å². The molecule has 134 valence electrons. The molecule has 3 rings (SSSR count). The highest BCUT2D eigenvalue weighted by atomic mass is 32.1. The van der Waals surface area contributed by atoms with Crippen LogP contribution >= 0.6 is 11.3 Å². The molecule has 2 N–H and O–H groups in total. The van der Waals surface area contributed by atoms with Gasteiger partial charge in [0.15, 0.2) is 0 Å². The van der Waals surface area contributed by atoms with Crippen molar-refractivity contribution >= 4 is 23.2 Å². The molecule has 1 aliphatic heterocycles. The van der Waals surface area contributed by atoms with Gasteiger partial charge in [0.1, 0.15) is 10.7 Å². The number of piperazine rings is 1.